The van der Waals surface area contributed by atoms with Gasteiger partial charge in [-0.15, -0.1) is 21.1 Å². The molecule has 1 amide bonds. The molecule has 1 N–H and O–H groups in total. The molecule has 2 aromatic rings. The lowest BCUT2D eigenvalue weighted by atomic mass is 10.4. The van der Waals surface area contributed by atoms with E-state index in [9.17, 15) is 22.8 Å². The maximum atomic E-state index is 12.4. The van der Waals surface area contributed by atoms with Crippen LogP contribution in [0.2, 0.25) is 0 Å². The molecule has 0 unspecified atom stereocenters. The molecule has 136 valence electrons. The van der Waals surface area contributed by atoms with Gasteiger partial charge in [-0.3, -0.25) is 4.57 Å². The molecule has 0 aliphatic rings. The summed E-state index contributed by atoms with van der Waals surface area (Å²) in [6.45, 7) is 3.22. The molecule has 12 heteroatoms. The van der Waals surface area contributed by atoms with E-state index in [0.29, 0.717) is 21.8 Å². The van der Waals surface area contributed by atoms with Crippen LogP contribution in [-0.4, -0.2) is 41.9 Å². The lowest BCUT2D eigenvalue weighted by Gasteiger charge is -2.05. The summed E-state index contributed by atoms with van der Waals surface area (Å²) >= 11 is 0.917. The van der Waals surface area contributed by atoms with E-state index in [-0.39, 0.29) is 9.77 Å². The first-order valence-corrected chi connectivity index (χ1v) is 9.33. The number of amides is 1. The number of thiophene rings is 1. The third-order valence-electron chi connectivity index (χ3n) is 3.35. The van der Waals surface area contributed by atoms with Crippen LogP contribution in [0.5, 0.6) is 0 Å². The Labute approximate surface area is 147 Å². The smallest absolute Gasteiger partial charge is 0.360 e. The van der Waals surface area contributed by atoms with Crippen molar-refractivity contribution in [3.8, 4) is 0 Å². The van der Waals surface area contributed by atoms with E-state index >= 15 is 0 Å². The van der Waals surface area contributed by atoms with Gasteiger partial charge < -0.3 is 4.74 Å². The summed E-state index contributed by atoms with van der Waals surface area (Å²) in [5.74, 6) is -0.355. The number of ether oxygens (including phenoxy) is 1. The maximum absolute atomic E-state index is 12.4. The van der Waals surface area contributed by atoms with Crippen LogP contribution in [0.1, 0.15) is 27.3 Å². The average molecular weight is 388 g/mol. The molecule has 0 aromatic carbocycles. The third-order valence-corrected chi connectivity index (χ3v) is 5.96. The molecule has 0 saturated heterocycles. The minimum absolute atomic E-state index is 0.0797. The van der Waals surface area contributed by atoms with Crippen molar-refractivity contribution in [3.63, 3.8) is 0 Å². The van der Waals surface area contributed by atoms with Crippen LogP contribution in [-0.2, 0) is 28.2 Å². The summed E-state index contributed by atoms with van der Waals surface area (Å²) < 4.78 is 32.7. The predicted octanol–water partition coefficient (Wildman–Crippen LogP) is 0.247. The standard InChI is InChI=1S/C13H16N4O6S2/c1-5-10-14-17(13(20)16(10)3)12(19)15-25(21,22)9-6-8(11(18)23-4)24-7(9)2/h6H,5H2,1-4H3,(H,15,19). The van der Waals surface area contributed by atoms with E-state index in [2.05, 4.69) is 9.84 Å². The molecular weight excluding hydrogens is 372 g/mol. The molecular formula is C13H16N4O6S2. The average Bonchev–Trinajstić information content (AvgIpc) is 3.08. The highest BCUT2D eigenvalue weighted by Crippen LogP contribution is 2.26. The van der Waals surface area contributed by atoms with Crippen LogP contribution in [0.15, 0.2) is 15.8 Å². The molecule has 2 rings (SSSR count). The summed E-state index contributed by atoms with van der Waals surface area (Å²) in [6, 6.07) is -0.0920. The molecule has 0 fully saturated rings. The van der Waals surface area contributed by atoms with Gasteiger partial charge in [-0.25, -0.2) is 27.5 Å². The van der Waals surface area contributed by atoms with Gasteiger partial charge in [0.05, 0.1) is 7.11 Å². The number of aryl methyl sites for hydroxylation is 2. The zero-order valence-electron chi connectivity index (χ0n) is 13.9. The highest BCUT2D eigenvalue weighted by atomic mass is 32.2. The number of sulfonamides is 1. The number of nitrogens with zero attached hydrogens (tertiary/aromatic N) is 3. The number of esters is 1. The highest BCUT2D eigenvalue weighted by Gasteiger charge is 2.26. The molecule has 0 aliphatic carbocycles. The first kappa shape index (κ1) is 18.9. The summed E-state index contributed by atoms with van der Waals surface area (Å²) in [6.07, 6.45) is 0.394. The number of methoxy groups -OCH3 is 1. The van der Waals surface area contributed by atoms with Crippen molar-refractivity contribution in [2.24, 2.45) is 7.05 Å². The van der Waals surface area contributed by atoms with E-state index < -0.39 is 27.7 Å². The first-order chi connectivity index (χ1) is 11.6. The Hall–Kier alpha value is -2.47. The minimum Gasteiger partial charge on any atom is -0.465 e. The fourth-order valence-corrected chi connectivity index (χ4v) is 4.50. The van der Waals surface area contributed by atoms with Gasteiger partial charge in [0, 0.05) is 18.3 Å². The second-order valence-electron chi connectivity index (χ2n) is 4.96. The number of hydrogen-bond donors (Lipinski definition) is 1. The summed E-state index contributed by atoms with van der Waals surface area (Å²) in [7, 11) is -1.69. The predicted molar refractivity (Wildman–Crippen MR) is 88.4 cm³/mol. The number of rotatable bonds is 4. The van der Waals surface area contributed by atoms with Crippen LogP contribution in [0, 0.1) is 6.92 Å². The largest absolute Gasteiger partial charge is 0.465 e. The Morgan fingerprint density at radius 3 is 2.56 bits per heavy atom. The van der Waals surface area contributed by atoms with Crippen molar-refractivity contribution in [3.05, 3.63) is 32.1 Å². The van der Waals surface area contributed by atoms with Gasteiger partial charge in [-0.1, -0.05) is 6.92 Å². The Morgan fingerprint density at radius 2 is 2.04 bits per heavy atom. The van der Waals surface area contributed by atoms with Crippen molar-refractivity contribution < 1.29 is 22.7 Å². The maximum Gasteiger partial charge on any atom is 0.360 e. The molecule has 25 heavy (non-hydrogen) atoms. The van der Waals surface area contributed by atoms with Crippen molar-refractivity contribution in [1.82, 2.24) is 19.1 Å². The van der Waals surface area contributed by atoms with Gasteiger partial charge in [0.2, 0.25) is 0 Å². The van der Waals surface area contributed by atoms with Crippen LogP contribution in [0.3, 0.4) is 0 Å². The molecule has 0 radical (unpaired) electrons. The quantitative estimate of drug-likeness (QED) is 0.743. The molecule has 0 spiro atoms. The van der Waals surface area contributed by atoms with Gasteiger partial charge in [0.15, 0.2) is 0 Å². The fraction of sp³-hybridized carbons (Fsp3) is 0.385. The highest BCUT2D eigenvalue weighted by molar-refractivity contribution is 7.90. The molecule has 0 atom stereocenters. The monoisotopic (exact) mass is 388 g/mol. The number of carbonyl (C=O) groups is 2. The van der Waals surface area contributed by atoms with Gasteiger partial charge in [-0.2, -0.15) is 0 Å². The van der Waals surface area contributed by atoms with Crippen LogP contribution in [0.25, 0.3) is 0 Å². The molecule has 2 heterocycles. The molecule has 0 aliphatic heterocycles. The fourth-order valence-electron chi connectivity index (χ4n) is 2.06. The van der Waals surface area contributed by atoms with Crippen LogP contribution < -0.4 is 10.4 Å². The lowest BCUT2D eigenvalue weighted by Crippen LogP contribution is -2.40. The molecule has 0 saturated carbocycles. The van der Waals surface area contributed by atoms with Crippen molar-refractivity contribution in [1.29, 1.82) is 0 Å². The van der Waals surface area contributed by atoms with E-state index in [1.54, 1.807) is 11.6 Å². The number of hydrogen-bond acceptors (Lipinski definition) is 8. The van der Waals surface area contributed by atoms with Gasteiger partial charge >= 0.3 is 17.7 Å². The van der Waals surface area contributed by atoms with E-state index in [1.807, 2.05) is 0 Å². The zero-order valence-corrected chi connectivity index (χ0v) is 15.5. The van der Waals surface area contributed by atoms with E-state index in [0.717, 1.165) is 22.0 Å². The van der Waals surface area contributed by atoms with Crippen molar-refractivity contribution in [2.75, 3.05) is 7.11 Å². The van der Waals surface area contributed by atoms with Gasteiger partial charge in [-0.05, 0) is 13.0 Å². The lowest BCUT2D eigenvalue weighted by molar-refractivity contribution is 0.0606. The van der Waals surface area contributed by atoms with Crippen molar-refractivity contribution >= 4 is 33.4 Å². The van der Waals surface area contributed by atoms with E-state index in [4.69, 9.17) is 0 Å². The van der Waals surface area contributed by atoms with Crippen LogP contribution in [0.4, 0.5) is 4.79 Å². The number of aromatic nitrogens is 3. The van der Waals surface area contributed by atoms with Gasteiger partial charge in [0.1, 0.15) is 15.6 Å². The normalized spacial score (nSPS) is 11.4. The van der Waals surface area contributed by atoms with Crippen molar-refractivity contribution in [2.45, 2.75) is 25.2 Å². The topological polar surface area (TPSA) is 129 Å². The third kappa shape index (κ3) is 3.49. The Balaban J connectivity index is 2.36. The second kappa shape index (κ2) is 6.80. The second-order valence-corrected chi connectivity index (χ2v) is 7.86. The SMILES string of the molecule is CCc1nn(C(=O)NS(=O)(=O)c2cc(C(=O)OC)sc2C)c(=O)n1C. The minimum atomic E-state index is -4.29. The summed E-state index contributed by atoms with van der Waals surface area (Å²) in [5, 5.41) is 3.79. The molecule has 0 bridgehead atoms. The Bertz CT molecular complexity index is 998. The molecule has 2 aromatic heterocycles. The van der Waals surface area contributed by atoms with E-state index in [1.165, 1.54) is 21.1 Å². The Kier molecular flexibility index (Phi) is 5.13. The zero-order chi connectivity index (χ0) is 18.9. The summed E-state index contributed by atoms with van der Waals surface area (Å²) in [5.41, 5.74) is -0.762. The summed E-state index contributed by atoms with van der Waals surface area (Å²) in [4.78, 5) is 35.8. The molecule has 10 nitrogen and oxygen atoms in total. The first-order valence-electron chi connectivity index (χ1n) is 7.03. The Morgan fingerprint density at radius 1 is 1.40 bits per heavy atom. The van der Waals surface area contributed by atoms with Gasteiger partial charge in [0.25, 0.3) is 10.0 Å². The number of nitrogens with one attached hydrogen (secondary N) is 1. The number of carbonyl (C=O) groups excluding carboxylic acids is 2. The van der Waals surface area contributed by atoms with Crippen LogP contribution >= 0.6 is 11.3 Å².